The molecule has 0 saturated carbocycles. The zero-order chi connectivity index (χ0) is 25.2. The van der Waals surface area contributed by atoms with E-state index in [2.05, 4.69) is 37.9 Å². The number of nitrogens with zero attached hydrogens (tertiary/aromatic N) is 2. The fourth-order valence-electron chi connectivity index (χ4n) is 4.18. The number of rotatable bonds is 13. The Balaban J connectivity index is 1.29. The summed E-state index contributed by atoms with van der Waals surface area (Å²) in [6, 6.07) is 23.4. The Kier molecular flexibility index (Phi) is 9.39. The lowest BCUT2D eigenvalue weighted by atomic mass is 10.1. The number of benzene rings is 3. The highest BCUT2D eigenvalue weighted by Crippen LogP contribution is 2.26. The SMILES string of the molecule is CCOc1ccccc1OCCn1c(CCCCCNC(=O)c2cccc(Br)c2)nc2ccccc21. The second kappa shape index (κ2) is 13.1. The first-order valence-corrected chi connectivity index (χ1v) is 13.3. The average molecular weight is 550 g/mol. The number of unbranched alkanes of at least 4 members (excludes halogenated alkanes) is 2. The van der Waals surface area contributed by atoms with Crippen molar-refractivity contribution in [1.29, 1.82) is 0 Å². The van der Waals surface area contributed by atoms with Gasteiger partial charge in [0.1, 0.15) is 12.4 Å². The third-order valence-corrected chi connectivity index (χ3v) is 6.40. The number of hydrogen-bond donors (Lipinski definition) is 1. The fourth-order valence-corrected chi connectivity index (χ4v) is 4.57. The summed E-state index contributed by atoms with van der Waals surface area (Å²) < 4.78 is 14.9. The van der Waals surface area contributed by atoms with Crippen molar-refractivity contribution < 1.29 is 14.3 Å². The summed E-state index contributed by atoms with van der Waals surface area (Å²) >= 11 is 3.41. The summed E-state index contributed by atoms with van der Waals surface area (Å²) in [5, 5.41) is 3.01. The molecule has 4 rings (SSSR count). The summed E-state index contributed by atoms with van der Waals surface area (Å²) in [5.74, 6) is 2.55. The van der Waals surface area contributed by atoms with Crippen LogP contribution in [0, 0.1) is 0 Å². The molecule has 0 radical (unpaired) electrons. The van der Waals surface area contributed by atoms with Gasteiger partial charge in [0.2, 0.25) is 0 Å². The van der Waals surface area contributed by atoms with Gasteiger partial charge in [0.05, 0.1) is 24.2 Å². The van der Waals surface area contributed by atoms with E-state index in [4.69, 9.17) is 14.5 Å². The molecule has 0 aliphatic carbocycles. The third-order valence-electron chi connectivity index (χ3n) is 5.90. The first-order valence-electron chi connectivity index (χ1n) is 12.5. The highest BCUT2D eigenvalue weighted by Gasteiger charge is 2.11. The standard InChI is InChI=1S/C29H32BrN3O3/c1-2-35-26-15-7-8-16-27(26)36-20-19-33-25-14-6-5-13-24(25)32-28(33)17-4-3-9-18-31-29(34)22-11-10-12-23(30)21-22/h5-8,10-16,21H,2-4,9,17-20H2,1H3,(H,31,34). The molecule has 6 nitrogen and oxygen atoms in total. The van der Waals surface area contributed by atoms with E-state index in [9.17, 15) is 4.79 Å². The number of aromatic nitrogens is 2. The van der Waals surface area contributed by atoms with Gasteiger partial charge >= 0.3 is 0 Å². The zero-order valence-electron chi connectivity index (χ0n) is 20.6. The number of halogens is 1. The Morgan fingerprint density at radius 1 is 0.944 bits per heavy atom. The zero-order valence-corrected chi connectivity index (χ0v) is 22.2. The molecule has 0 aliphatic rings. The number of nitrogens with one attached hydrogen (secondary N) is 1. The van der Waals surface area contributed by atoms with E-state index < -0.39 is 0 Å². The number of imidazole rings is 1. The van der Waals surface area contributed by atoms with Crippen LogP contribution in [0.4, 0.5) is 0 Å². The van der Waals surface area contributed by atoms with E-state index in [0.717, 1.165) is 58.5 Å². The minimum atomic E-state index is -0.0380. The molecule has 3 aromatic carbocycles. The minimum absolute atomic E-state index is 0.0380. The number of para-hydroxylation sites is 4. The van der Waals surface area contributed by atoms with E-state index in [1.165, 1.54) is 0 Å². The smallest absolute Gasteiger partial charge is 0.251 e. The van der Waals surface area contributed by atoms with Gasteiger partial charge in [0.15, 0.2) is 11.5 Å². The molecule has 188 valence electrons. The van der Waals surface area contributed by atoms with Crippen molar-refractivity contribution in [3.8, 4) is 11.5 Å². The molecule has 7 heteroatoms. The van der Waals surface area contributed by atoms with Crippen LogP contribution in [0.2, 0.25) is 0 Å². The Morgan fingerprint density at radius 2 is 1.72 bits per heavy atom. The van der Waals surface area contributed by atoms with Crippen molar-refractivity contribution in [3.05, 3.63) is 88.7 Å². The van der Waals surface area contributed by atoms with Crippen LogP contribution < -0.4 is 14.8 Å². The van der Waals surface area contributed by atoms with Crippen molar-refractivity contribution >= 4 is 32.9 Å². The highest BCUT2D eigenvalue weighted by atomic mass is 79.9. The maximum absolute atomic E-state index is 12.3. The molecule has 36 heavy (non-hydrogen) atoms. The fraction of sp³-hybridized carbons (Fsp3) is 0.310. The molecule has 0 bridgehead atoms. The summed E-state index contributed by atoms with van der Waals surface area (Å²) in [5.41, 5.74) is 2.79. The quantitative estimate of drug-likeness (QED) is 0.195. The molecule has 0 saturated heterocycles. The van der Waals surface area contributed by atoms with Crippen LogP contribution in [0.5, 0.6) is 11.5 Å². The topological polar surface area (TPSA) is 65.4 Å². The van der Waals surface area contributed by atoms with Gasteiger partial charge in [-0.3, -0.25) is 4.79 Å². The van der Waals surface area contributed by atoms with E-state index in [-0.39, 0.29) is 5.91 Å². The predicted octanol–water partition coefficient (Wildman–Crippen LogP) is 6.42. The molecule has 0 fully saturated rings. The van der Waals surface area contributed by atoms with Crippen LogP contribution in [-0.4, -0.2) is 35.2 Å². The Labute approximate surface area is 220 Å². The maximum Gasteiger partial charge on any atom is 0.251 e. The van der Waals surface area contributed by atoms with Gasteiger partial charge in [-0.25, -0.2) is 4.98 Å². The Morgan fingerprint density at radius 3 is 2.53 bits per heavy atom. The molecule has 1 amide bonds. The van der Waals surface area contributed by atoms with Gasteiger partial charge in [0.25, 0.3) is 5.91 Å². The average Bonchev–Trinajstić information content (AvgIpc) is 3.24. The first kappa shape index (κ1) is 25.8. The predicted molar refractivity (Wildman–Crippen MR) is 147 cm³/mol. The molecule has 0 spiro atoms. The van der Waals surface area contributed by atoms with E-state index in [1.54, 1.807) is 0 Å². The molecule has 4 aromatic rings. The van der Waals surface area contributed by atoms with Gasteiger partial charge in [-0.1, -0.05) is 52.7 Å². The number of fused-ring (bicyclic) bond motifs is 1. The van der Waals surface area contributed by atoms with Crippen molar-refractivity contribution in [2.75, 3.05) is 19.8 Å². The first-order chi connectivity index (χ1) is 17.7. The van der Waals surface area contributed by atoms with Crippen LogP contribution in [0.15, 0.2) is 77.3 Å². The molecule has 0 unspecified atom stereocenters. The van der Waals surface area contributed by atoms with Gasteiger partial charge in [-0.05, 0) is 62.2 Å². The van der Waals surface area contributed by atoms with Crippen LogP contribution in [-0.2, 0) is 13.0 Å². The van der Waals surface area contributed by atoms with Crippen molar-refractivity contribution in [1.82, 2.24) is 14.9 Å². The summed E-state index contributed by atoms with van der Waals surface area (Å²) in [6.45, 7) is 4.47. The van der Waals surface area contributed by atoms with E-state index in [0.29, 0.717) is 31.9 Å². The molecule has 1 heterocycles. The van der Waals surface area contributed by atoms with Gasteiger partial charge < -0.3 is 19.4 Å². The lowest BCUT2D eigenvalue weighted by Gasteiger charge is -2.13. The number of carbonyl (C=O) groups excluding carboxylic acids is 1. The normalized spacial score (nSPS) is 10.9. The number of aryl methyl sites for hydroxylation is 1. The largest absolute Gasteiger partial charge is 0.490 e. The molecule has 0 aliphatic heterocycles. The minimum Gasteiger partial charge on any atom is -0.490 e. The van der Waals surface area contributed by atoms with Crippen molar-refractivity contribution in [3.63, 3.8) is 0 Å². The Hall–Kier alpha value is -3.32. The number of carbonyl (C=O) groups is 1. The molecule has 0 atom stereocenters. The molecule has 1 aromatic heterocycles. The van der Waals surface area contributed by atoms with E-state index >= 15 is 0 Å². The second-order valence-electron chi connectivity index (χ2n) is 8.47. The van der Waals surface area contributed by atoms with Crippen LogP contribution >= 0.6 is 15.9 Å². The van der Waals surface area contributed by atoms with Crippen LogP contribution in [0.1, 0.15) is 42.4 Å². The summed E-state index contributed by atoms with van der Waals surface area (Å²) in [7, 11) is 0. The monoisotopic (exact) mass is 549 g/mol. The molecule has 1 N–H and O–H groups in total. The number of ether oxygens (including phenoxy) is 2. The lowest BCUT2D eigenvalue weighted by molar-refractivity contribution is 0.0953. The summed E-state index contributed by atoms with van der Waals surface area (Å²) in [6.07, 6.45) is 3.82. The van der Waals surface area contributed by atoms with Gasteiger partial charge in [-0.15, -0.1) is 0 Å². The number of hydrogen-bond acceptors (Lipinski definition) is 4. The molecular formula is C29H32BrN3O3. The lowest BCUT2D eigenvalue weighted by Crippen LogP contribution is -2.24. The highest BCUT2D eigenvalue weighted by molar-refractivity contribution is 9.10. The number of amides is 1. The van der Waals surface area contributed by atoms with Crippen molar-refractivity contribution in [2.24, 2.45) is 0 Å². The van der Waals surface area contributed by atoms with E-state index in [1.807, 2.05) is 67.6 Å². The van der Waals surface area contributed by atoms with Crippen molar-refractivity contribution in [2.45, 2.75) is 39.2 Å². The third kappa shape index (κ3) is 6.88. The van der Waals surface area contributed by atoms with Crippen LogP contribution in [0.3, 0.4) is 0 Å². The van der Waals surface area contributed by atoms with Crippen LogP contribution in [0.25, 0.3) is 11.0 Å². The second-order valence-corrected chi connectivity index (χ2v) is 9.39. The van der Waals surface area contributed by atoms with Gasteiger partial charge in [-0.2, -0.15) is 0 Å². The Bertz CT molecular complexity index is 1290. The maximum atomic E-state index is 12.3. The molecular weight excluding hydrogens is 518 g/mol. The van der Waals surface area contributed by atoms with Gasteiger partial charge in [0, 0.05) is 23.0 Å². The summed E-state index contributed by atoms with van der Waals surface area (Å²) in [4.78, 5) is 17.2.